The summed E-state index contributed by atoms with van der Waals surface area (Å²) in [5.41, 5.74) is 5.32. The van der Waals surface area contributed by atoms with Gasteiger partial charge in [0.1, 0.15) is 6.26 Å². The Hall–Kier alpha value is -2.15. The lowest BCUT2D eigenvalue weighted by molar-refractivity contribution is 0.0974. The first-order chi connectivity index (χ1) is 15.6. The van der Waals surface area contributed by atoms with Gasteiger partial charge in [-0.05, 0) is 60.8 Å². The molecule has 33 heavy (non-hydrogen) atoms. The molecule has 0 unspecified atom stereocenters. The topological polar surface area (TPSA) is 139 Å². The van der Waals surface area contributed by atoms with Gasteiger partial charge in [0, 0.05) is 23.8 Å². The van der Waals surface area contributed by atoms with Crippen LogP contribution in [0, 0.1) is 0 Å². The zero-order valence-electron chi connectivity index (χ0n) is 17.7. The summed E-state index contributed by atoms with van der Waals surface area (Å²) in [4.78, 5) is 16.6. The fourth-order valence-corrected chi connectivity index (χ4v) is 7.73. The van der Waals surface area contributed by atoms with Crippen molar-refractivity contribution in [2.75, 3.05) is 29.9 Å². The molecule has 0 saturated carbocycles. The standard InChI is InChI=1S/C20H23ClN4O6S2/c21-17-12-3-1-5-14(12)18(15-6-2-4-13(15)17)23-20-22-16(11-31-20)19(26)24-33(29,30)25-7-9-32(27,28)10-8-25/h11H,1-10H2,(H,22,23)(H,24,26). The first-order valence-electron chi connectivity index (χ1n) is 10.7. The molecule has 1 saturated heterocycles. The van der Waals surface area contributed by atoms with Crippen LogP contribution in [0.5, 0.6) is 0 Å². The number of nitrogens with one attached hydrogen (secondary N) is 2. The minimum Gasteiger partial charge on any atom is -0.431 e. The average Bonchev–Trinajstić information content (AvgIpc) is 3.51. The number of oxazole rings is 1. The van der Waals surface area contributed by atoms with E-state index in [1.54, 1.807) is 0 Å². The Labute approximate surface area is 196 Å². The van der Waals surface area contributed by atoms with Gasteiger partial charge in [0.25, 0.3) is 11.9 Å². The molecule has 2 aliphatic carbocycles. The Balaban J connectivity index is 1.33. The molecule has 5 rings (SSSR count). The van der Waals surface area contributed by atoms with Crippen LogP contribution >= 0.6 is 11.6 Å². The molecule has 13 heteroatoms. The van der Waals surface area contributed by atoms with Crippen LogP contribution in [0.15, 0.2) is 10.7 Å². The van der Waals surface area contributed by atoms with Gasteiger partial charge < -0.3 is 9.73 Å². The van der Waals surface area contributed by atoms with Crippen LogP contribution in [0.3, 0.4) is 0 Å². The predicted octanol–water partition coefficient (Wildman–Crippen LogP) is 1.75. The molecule has 1 aromatic heterocycles. The van der Waals surface area contributed by atoms with Gasteiger partial charge in [-0.3, -0.25) is 4.79 Å². The van der Waals surface area contributed by atoms with Crippen LogP contribution in [-0.4, -0.2) is 56.6 Å². The van der Waals surface area contributed by atoms with E-state index < -0.39 is 26.0 Å². The van der Waals surface area contributed by atoms with Crippen molar-refractivity contribution >= 4 is 49.3 Å². The third kappa shape index (κ3) is 4.25. The number of anilines is 2. The van der Waals surface area contributed by atoms with Crippen LogP contribution in [0.1, 0.15) is 45.6 Å². The zero-order valence-corrected chi connectivity index (χ0v) is 20.1. The fraction of sp³-hybridized carbons (Fsp3) is 0.500. The molecular formula is C20H23ClN4O6S2. The lowest BCUT2D eigenvalue weighted by atomic mass is 9.98. The van der Waals surface area contributed by atoms with E-state index in [1.165, 1.54) is 0 Å². The zero-order chi connectivity index (χ0) is 23.4. The first kappa shape index (κ1) is 22.6. The van der Waals surface area contributed by atoms with Crippen molar-refractivity contribution in [2.24, 2.45) is 0 Å². The Kier molecular flexibility index (Phi) is 5.66. The highest BCUT2D eigenvalue weighted by Gasteiger charge is 2.32. The predicted molar refractivity (Wildman–Crippen MR) is 122 cm³/mol. The quantitative estimate of drug-likeness (QED) is 0.615. The lowest BCUT2D eigenvalue weighted by Crippen LogP contribution is -2.50. The normalized spacial score (nSPS) is 19.8. The second kappa shape index (κ2) is 8.26. The van der Waals surface area contributed by atoms with E-state index in [-0.39, 0.29) is 36.3 Å². The largest absolute Gasteiger partial charge is 0.431 e. The van der Waals surface area contributed by atoms with Crippen LogP contribution in [0.2, 0.25) is 5.02 Å². The molecule has 0 bridgehead atoms. The van der Waals surface area contributed by atoms with E-state index in [0.717, 1.165) is 82.1 Å². The van der Waals surface area contributed by atoms with Gasteiger partial charge in [0.05, 0.1) is 11.5 Å². The lowest BCUT2D eigenvalue weighted by Gasteiger charge is -2.25. The Morgan fingerprint density at radius 3 is 2.21 bits per heavy atom. The number of carbonyl (C=O) groups excluding carboxylic acids is 1. The Morgan fingerprint density at radius 1 is 1.03 bits per heavy atom. The van der Waals surface area contributed by atoms with Crippen molar-refractivity contribution in [3.05, 3.63) is 39.2 Å². The van der Waals surface area contributed by atoms with Crippen LogP contribution in [0.4, 0.5) is 11.7 Å². The van der Waals surface area contributed by atoms with E-state index in [2.05, 4.69) is 10.3 Å². The maximum atomic E-state index is 12.5. The number of aromatic nitrogens is 1. The summed E-state index contributed by atoms with van der Waals surface area (Å²) in [6, 6.07) is 0.0899. The SMILES string of the molecule is O=C(NS(=O)(=O)N1CCS(=O)(=O)CC1)c1coc(Nc2c3c(c(Cl)c4c2CCC4)CCC3)n1. The number of hydrogen-bond donors (Lipinski definition) is 2. The number of halogens is 1. The molecule has 0 spiro atoms. The van der Waals surface area contributed by atoms with Gasteiger partial charge in [0.15, 0.2) is 15.5 Å². The van der Waals surface area contributed by atoms with E-state index in [1.807, 2.05) is 4.72 Å². The van der Waals surface area contributed by atoms with Gasteiger partial charge >= 0.3 is 10.2 Å². The summed E-state index contributed by atoms with van der Waals surface area (Å²) in [6.45, 7) is -0.410. The molecule has 1 aromatic carbocycles. The minimum absolute atomic E-state index is 0.0899. The number of sulfone groups is 1. The first-order valence-corrected chi connectivity index (χ1v) is 14.4. The molecule has 10 nitrogen and oxygen atoms in total. The molecule has 2 N–H and O–H groups in total. The van der Waals surface area contributed by atoms with Crippen molar-refractivity contribution in [3.63, 3.8) is 0 Å². The highest BCUT2D eigenvalue weighted by molar-refractivity contribution is 7.92. The molecule has 0 radical (unpaired) electrons. The van der Waals surface area contributed by atoms with E-state index in [0.29, 0.717) is 0 Å². The number of fused-ring (bicyclic) bond motifs is 2. The Bertz CT molecular complexity index is 1300. The highest BCUT2D eigenvalue weighted by atomic mass is 35.5. The van der Waals surface area contributed by atoms with Crippen molar-refractivity contribution in [1.82, 2.24) is 14.0 Å². The Morgan fingerprint density at radius 2 is 1.61 bits per heavy atom. The maximum absolute atomic E-state index is 12.5. The second-order valence-electron chi connectivity index (χ2n) is 8.46. The molecular weight excluding hydrogens is 492 g/mol. The third-order valence-electron chi connectivity index (χ3n) is 6.40. The number of hydrogen-bond acceptors (Lipinski definition) is 8. The smallest absolute Gasteiger partial charge is 0.304 e. The number of rotatable bonds is 5. The maximum Gasteiger partial charge on any atom is 0.304 e. The minimum atomic E-state index is -4.20. The van der Waals surface area contributed by atoms with Crippen molar-refractivity contribution in [1.29, 1.82) is 0 Å². The van der Waals surface area contributed by atoms with E-state index >= 15 is 0 Å². The van der Waals surface area contributed by atoms with Gasteiger partial charge in [-0.25, -0.2) is 13.1 Å². The van der Waals surface area contributed by atoms with E-state index in [9.17, 15) is 21.6 Å². The van der Waals surface area contributed by atoms with Crippen molar-refractivity contribution < 1.29 is 26.0 Å². The summed E-state index contributed by atoms with van der Waals surface area (Å²) in [7, 11) is -7.46. The van der Waals surface area contributed by atoms with Gasteiger partial charge in [0.2, 0.25) is 0 Å². The average molecular weight is 515 g/mol. The summed E-state index contributed by atoms with van der Waals surface area (Å²) in [5, 5.41) is 4.06. The monoisotopic (exact) mass is 514 g/mol. The van der Waals surface area contributed by atoms with Gasteiger partial charge in [-0.2, -0.15) is 17.7 Å². The number of benzene rings is 1. The molecule has 1 fully saturated rings. The molecule has 0 atom stereocenters. The van der Waals surface area contributed by atoms with Crippen molar-refractivity contribution in [3.8, 4) is 0 Å². The highest BCUT2D eigenvalue weighted by Crippen LogP contribution is 2.44. The molecule has 2 aromatic rings. The molecule has 1 aliphatic heterocycles. The fourth-order valence-electron chi connectivity index (χ4n) is 4.75. The van der Waals surface area contributed by atoms with Crippen LogP contribution < -0.4 is 10.0 Å². The second-order valence-corrected chi connectivity index (χ2v) is 12.8. The summed E-state index contributed by atoms with van der Waals surface area (Å²) < 4.78 is 56.3. The summed E-state index contributed by atoms with van der Waals surface area (Å²) in [6.07, 6.45) is 6.74. The summed E-state index contributed by atoms with van der Waals surface area (Å²) in [5.74, 6) is -1.52. The third-order valence-corrected chi connectivity index (χ3v) is 9.96. The number of carbonyl (C=O) groups is 1. The van der Waals surface area contributed by atoms with Crippen LogP contribution in [0.25, 0.3) is 0 Å². The summed E-state index contributed by atoms with van der Waals surface area (Å²) >= 11 is 6.65. The molecule has 1 amide bonds. The van der Waals surface area contributed by atoms with Gasteiger partial charge in [-0.1, -0.05) is 11.6 Å². The van der Waals surface area contributed by atoms with Gasteiger partial charge in [-0.15, -0.1) is 0 Å². The van der Waals surface area contributed by atoms with E-state index in [4.69, 9.17) is 16.0 Å². The van der Waals surface area contributed by atoms with Crippen molar-refractivity contribution in [2.45, 2.75) is 38.5 Å². The van der Waals surface area contributed by atoms with Crippen LogP contribution in [-0.2, 0) is 45.7 Å². The molecule has 3 aliphatic rings. The molecule has 2 heterocycles. The number of amides is 1. The number of nitrogens with zero attached hydrogens (tertiary/aromatic N) is 2. The molecule has 178 valence electrons.